The van der Waals surface area contributed by atoms with Crippen LogP contribution in [0.25, 0.3) is 0 Å². The van der Waals surface area contributed by atoms with Gasteiger partial charge in [0.1, 0.15) is 11.6 Å². The van der Waals surface area contributed by atoms with Crippen LogP contribution in [0.15, 0.2) is 6.07 Å². The lowest BCUT2D eigenvalue weighted by Gasteiger charge is -2.15. The summed E-state index contributed by atoms with van der Waals surface area (Å²) in [7, 11) is 2.91. The van der Waals surface area contributed by atoms with Gasteiger partial charge in [0.2, 0.25) is 9.05 Å². The fraction of sp³-hybridized carbons (Fsp3) is 0.455. The quantitative estimate of drug-likeness (QED) is 0.797. The van der Waals surface area contributed by atoms with Crippen molar-refractivity contribution < 1.29 is 17.5 Å². The van der Waals surface area contributed by atoms with E-state index in [4.69, 9.17) is 15.4 Å². The number of hydrogen-bond acceptors (Lipinski definition) is 3. The van der Waals surface area contributed by atoms with Crippen LogP contribution in [0.2, 0.25) is 0 Å². The SMILES string of the molecule is CCc1c(CS(=O)(=O)Cl)cc(F)c(C)c1OC. The van der Waals surface area contributed by atoms with Crippen LogP contribution in [0.1, 0.15) is 23.6 Å². The second-order valence-corrected chi connectivity index (χ2v) is 6.47. The highest BCUT2D eigenvalue weighted by molar-refractivity contribution is 8.13. The molecule has 17 heavy (non-hydrogen) atoms. The molecular weight excluding hydrogens is 267 g/mol. The average Bonchev–Trinajstić information content (AvgIpc) is 2.20. The van der Waals surface area contributed by atoms with Gasteiger partial charge in [-0.1, -0.05) is 6.92 Å². The first-order valence-corrected chi connectivity index (χ1v) is 7.55. The second kappa shape index (κ2) is 5.23. The molecule has 1 aromatic carbocycles. The standard InChI is InChI=1S/C11H14ClFO3S/c1-4-9-8(6-17(12,14)15)5-10(13)7(2)11(9)16-3/h5H,4,6H2,1-3H3. The predicted octanol–water partition coefficient (Wildman–Crippen LogP) is 2.77. The normalized spacial score (nSPS) is 11.6. The molecule has 0 aliphatic carbocycles. The average molecular weight is 281 g/mol. The lowest BCUT2D eigenvalue weighted by molar-refractivity contribution is 0.401. The molecule has 0 saturated heterocycles. The molecule has 0 bridgehead atoms. The lowest BCUT2D eigenvalue weighted by Crippen LogP contribution is -2.05. The monoisotopic (exact) mass is 280 g/mol. The molecule has 0 fully saturated rings. The molecule has 0 heterocycles. The number of benzene rings is 1. The van der Waals surface area contributed by atoms with E-state index in [1.165, 1.54) is 13.2 Å². The van der Waals surface area contributed by atoms with Crippen LogP contribution in [0, 0.1) is 12.7 Å². The molecule has 0 amide bonds. The van der Waals surface area contributed by atoms with Crippen LogP contribution in [0.5, 0.6) is 5.75 Å². The summed E-state index contributed by atoms with van der Waals surface area (Å²) in [5, 5.41) is 0. The molecule has 0 aromatic heterocycles. The summed E-state index contributed by atoms with van der Waals surface area (Å²) >= 11 is 0. The van der Waals surface area contributed by atoms with Crippen molar-refractivity contribution in [2.24, 2.45) is 0 Å². The number of methoxy groups -OCH3 is 1. The molecule has 0 N–H and O–H groups in total. The van der Waals surface area contributed by atoms with Gasteiger partial charge in [-0.05, 0) is 30.5 Å². The van der Waals surface area contributed by atoms with Crippen molar-refractivity contribution in [1.82, 2.24) is 0 Å². The Morgan fingerprint density at radius 2 is 2.06 bits per heavy atom. The smallest absolute Gasteiger partial charge is 0.236 e. The van der Waals surface area contributed by atoms with E-state index in [2.05, 4.69) is 0 Å². The van der Waals surface area contributed by atoms with E-state index in [1.807, 2.05) is 6.92 Å². The molecule has 0 spiro atoms. The van der Waals surface area contributed by atoms with E-state index in [9.17, 15) is 12.8 Å². The Bertz CT molecular complexity index is 526. The molecule has 0 aliphatic rings. The molecule has 96 valence electrons. The highest BCUT2D eigenvalue weighted by atomic mass is 35.7. The first-order valence-electron chi connectivity index (χ1n) is 5.07. The molecule has 1 rings (SSSR count). The minimum absolute atomic E-state index is 0.349. The molecule has 1 aromatic rings. The Morgan fingerprint density at radius 1 is 1.47 bits per heavy atom. The largest absolute Gasteiger partial charge is 0.496 e. The van der Waals surface area contributed by atoms with Crippen molar-refractivity contribution >= 4 is 19.7 Å². The van der Waals surface area contributed by atoms with Gasteiger partial charge in [0, 0.05) is 16.2 Å². The van der Waals surface area contributed by atoms with Gasteiger partial charge < -0.3 is 4.74 Å². The van der Waals surface area contributed by atoms with Crippen LogP contribution in [0.4, 0.5) is 4.39 Å². The Morgan fingerprint density at radius 3 is 2.47 bits per heavy atom. The summed E-state index contributed by atoms with van der Waals surface area (Å²) in [6, 6.07) is 1.20. The number of ether oxygens (including phenoxy) is 1. The zero-order chi connectivity index (χ0) is 13.2. The van der Waals surface area contributed by atoms with Crippen molar-refractivity contribution in [2.45, 2.75) is 26.0 Å². The fourth-order valence-electron chi connectivity index (χ4n) is 1.81. The van der Waals surface area contributed by atoms with Crippen LogP contribution in [-0.4, -0.2) is 15.5 Å². The highest BCUT2D eigenvalue weighted by Crippen LogP contribution is 2.31. The molecule has 0 aliphatic heterocycles. The second-order valence-electron chi connectivity index (χ2n) is 3.69. The van der Waals surface area contributed by atoms with Crippen LogP contribution in [0.3, 0.4) is 0 Å². The van der Waals surface area contributed by atoms with Crippen molar-refractivity contribution in [3.63, 3.8) is 0 Å². The van der Waals surface area contributed by atoms with E-state index in [1.54, 1.807) is 6.92 Å². The summed E-state index contributed by atoms with van der Waals surface area (Å²) in [6.07, 6.45) is 0.548. The zero-order valence-electron chi connectivity index (χ0n) is 9.88. The lowest BCUT2D eigenvalue weighted by atomic mass is 10.0. The summed E-state index contributed by atoms with van der Waals surface area (Å²) in [5.41, 5.74) is 1.40. The van der Waals surface area contributed by atoms with Gasteiger partial charge in [0.15, 0.2) is 0 Å². The maximum atomic E-state index is 13.6. The summed E-state index contributed by atoms with van der Waals surface area (Å²) < 4.78 is 40.9. The number of rotatable bonds is 4. The number of halogens is 2. The van der Waals surface area contributed by atoms with Crippen molar-refractivity contribution in [3.05, 3.63) is 28.6 Å². The van der Waals surface area contributed by atoms with Gasteiger partial charge in [0.25, 0.3) is 0 Å². The van der Waals surface area contributed by atoms with Gasteiger partial charge >= 0.3 is 0 Å². The van der Waals surface area contributed by atoms with E-state index >= 15 is 0 Å². The molecule has 0 radical (unpaired) electrons. The zero-order valence-corrected chi connectivity index (χ0v) is 11.5. The van der Waals surface area contributed by atoms with Gasteiger partial charge in [-0.2, -0.15) is 0 Å². The van der Waals surface area contributed by atoms with Crippen molar-refractivity contribution in [1.29, 1.82) is 0 Å². The van der Waals surface area contributed by atoms with Crippen molar-refractivity contribution in [2.75, 3.05) is 7.11 Å². The van der Waals surface area contributed by atoms with Gasteiger partial charge in [-0.25, -0.2) is 12.8 Å². The third-order valence-electron chi connectivity index (χ3n) is 2.55. The van der Waals surface area contributed by atoms with Crippen molar-refractivity contribution in [3.8, 4) is 5.75 Å². The van der Waals surface area contributed by atoms with Gasteiger partial charge in [-0.15, -0.1) is 0 Å². The maximum Gasteiger partial charge on any atom is 0.236 e. The topological polar surface area (TPSA) is 43.4 Å². The first kappa shape index (κ1) is 14.3. The highest BCUT2D eigenvalue weighted by Gasteiger charge is 2.18. The van der Waals surface area contributed by atoms with Gasteiger partial charge in [0.05, 0.1) is 12.9 Å². The van der Waals surface area contributed by atoms with E-state index in [-0.39, 0.29) is 0 Å². The Balaban J connectivity index is 3.45. The Hall–Kier alpha value is -0.810. The van der Waals surface area contributed by atoms with Gasteiger partial charge in [-0.3, -0.25) is 0 Å². The van der Waals surface area contributed by atoms with Crippen LogP contribution < -0.4 is 4.74 Å². The third kappa shape index (κ3) is 3.33. The van der Waals surface area contributed by atoms with E-state index in [0.717, 1.165) is 0 Å². The Labute approximate surface area is 105 Å². The minimum Gasteiger partial charge on any atom is -0.496 e. The third-order valence-corrected chi connectivity index (χ3v) is 3.53. The molecule has 3 nitrogen and oxygen atoms in total. The predicted molar refractivity (Wildman–Crippen MR) is 65.5 cm³/mol. The minimum atomic E-state index is -3.71. The number of hydrogen-bond donors (Lipinski definition) is 0. The molecule has 0 unspecified atom stereocenters. The first-order chi connectivity index (χ1) is 7.80. The fourth-order valence-corrected chi connectivity index (χ4v) is 2.79. The van der Waals surface area contributed by atoms with E-state index in [0.29, 0.717) is 28.9 Å². The van der Waals surface area contributed by atoms with E-state index < -0.39 is 20.6 Å². The van der Waals surface area contributed by atoms with Crippen LogP contribution >= 0.6 is 10.7 Å². The molecule has 0 atom stereocenters. The molecular formula is C11H14ClFO3S. The molecule has 0 saturated carbocycles. The van der Waals surface area contributed by atoms with Crippen LogP contribution in [-0.2, 0) is 21.2 Å². The Kier molecular flexibility index (Phi) is 4.38. The summed E-state index contributed by atoms with van der Waals surface area (Å²) in [6.45, 7) is 3.44. The summed E-state index contributed by atoms with van der Waals surface area (Å²) in [5.74, 6) is -0.497. The summed E-state index contributed by atoms with van der Waals surface area (Å²) in [4.78, 5) is 0. The maximum absolute atomic E-state index is 13.6. The molecule has 6 heteroatoms.